The van der Waals surface area contributed by atoms with Crippen LogP contribution in [0.5, 0.6) is 0 Å². The highest BCUT2D eigenvalue weighted by atomic mass is 16.4. The van der Waals surface area contributed by atoms with Gasteiger partial charge >= 0.3 is 5.97 Å². The molecule has 0 fully saturated rings. The van der Waals surface area contributed by atoms with E-state index in [-0.39, 0.29) is 11.6 Å². The lowest BCUT2D eigenvalue weighted by Gasteiger charge is -2.10. The van der Waals surface area contributed by atoms with Gasteiger partial charge in [0, 0.05) is 11.9 Å². The smallest absolute Gasteiger partial charge is 0.335 e. The molecule has 0 amide bonds. The number of nitrogens with one attached hydrogen (secondary N) is 1. The van der Waals surface area contributed by atoms with Crippen LogP contribution < -0.4 is 5.73 Å². The zero-order chi connectivity index (χ0) is 11.5. The molecular weight excluding hydrogens is 204 g/mol. The van der Waals surface area contributed by atoms with Gasteiger partial charge in [0.1, 0.15) is 0 Å². The summed E-state index contributed by atoms with van der Waals surface area (Å²) >= 11 is 0. The number of carboxylic acids is 1. The fourth-order valence-electron chi connectivity index (χ4n) is 1.55. The second kappa shape index (κ2) is 4.20. The van der Waals surface area contributed by atoms with Crippen molar-refractivity contribution < 1.29 is 9.90 Å². The molecule has 0 saturated carbocycles. The Morgan fingerprint density at radius 2 is 1.94 bits per heavy atom. The Morgan fingerprint density at radius 3 is 2.44 bits per heavy atom. The molecule has 0 aliphatic carbocycles. The van der Waals surface area contributed by atoms with Crippen LogP contribution in [0.3, 0.4) is 0 Å². The number of aromatic amines is 1. The fraction of sp³-hybridized carbons (Fsp3) is 0.0833. The Balaban J connectivity index is 2.25. The molecule has 2 rings (SSSR count). The molecule has 1 aromatic heterocycles. The SMILES string of the molecule is NC(c1ccc(C(=O)O)cc1)c1ccc[nH]1. The van der Waals surface area contributed by atoms with Crippen molar-refractivity contribution in [2.24, 2.45) is 5.73 Å². The summed E-state index contributed by atoms with van der Waals surface area (Å²) in [6, 6.07) is 10.1. The minimum atomic E-state index is -0.931. The largest absolute Gasteiger partial charge is 0.478 e. The number of rotatable bonds is 3. The van der Waals surface area contributed by atoms with Crippen molar-refractivity contribution >= 4 is 5.97 Å². The topological polar surface area (TPSA) is 79.1 Å². The Hall–Kier alpha value is -2.07. The van der Waals surface area contributed by atoms with Gasteiger partial charge in [-0.25, -0.2) is 4.79 Å². The van der Waals surface area contributed by atoms with Gasteiger partial charge in [-0.2, -0.15) is 0 Å². The van der Waals surface area contributed by atoms with Gasteiger partial charge < -0.3 is 15.8 Å². The monoisotopic (exact) mass is 216 g/mol. The average molecular weight is 216 g/mol. The van der Waals surface area contributed by atoms with Gasteiger partial charge in [0.2, 0.25) is 0 Å². The summed E-state index contributed by atoms with van der Waals surface area (Å²) in [5, 5.41) is 8.76. The van der Waals surface area contributed by atoms with E-state index in [9.17, 15) is 4.79 Å². The third-order valence-electron chi connectivity index (χ3n) is 2.47. The van der Waals surface area contributed by atoms with E-state index >= 15 is 0 Å². The van der Waals surface area contributed by atoms with Crippen molar-refractivity contribution in [1.29, 1.82) is 0 Å². The van der Waals surface area contributed by atoms with Crippen molar-refractivity contribution in [3.05, 3.63) is 59.4 Å². The normalized spacial score (nSPS) is 12.3. The molecular formula is C12H12N2O2. The maximum absolute atomic E-state index is 10.7. The number of carboxylic acid groups (broad SMARTS) is 1. The standard InChI is InChI=1S/C12H12N2O2/c13-11(10-2-1-7-14-10)8-3-5-9(6-4-8)12(15)16/h1-7,11,14H,13H2,(H,15,16). The van der Waals surface area contributed by atoms with Gasteiger partial charge in [0.25, 0.3) is 0 Å². The third kappa shape index (κ3) is 1.97. The van der Waals surface area contributed by atoms with Crippen molar-refractivity contribution in [2.45, 2.75) is 6.04 Å². The molecule has 2 aromatic rings. The van der Waals surface area contributed by atoms with Gasteiger partial charge in [0.05, 0.1) is 11.6 Å². The molecule has 4 N–H and O–H groups in total. The number of carbonyl (C=O) groups is 1. The molecule has 82 valence electrons. The summed E-state index contributed by atoms with van der Waals surface area (Å²) in [5.41, 5.74) is 8.06. The van der Waals surface area contributed by atoms with Crippen molar-refractivity contribution in [3.8, 4) is 0 Å². The van der Waals surface area contributed by atoms with Crippen molar-refractivity contribution in [2.75, 3.05) is 0 Å². The quantitative estimate of drug-likeness (QED) is 0.731. The Morgan fingerprint density at radius 1 is 1.25 bits per heavy atom. The fourth-order valence-corrected chi connectivity index (χ4v) is 1.55. The summed E-state index contributed by atoms with van der Waals surface area (Å²) in [6.07, 6.45) is 1.81. The summed E-state index contributed by atoms with van der Waals surface area (Å²) in [6.45, 7) is 0. The van der Waals surface area contributed by atoms with Crippen LogP contribution >= 0.6 is 0 Å². The molecule has 1 atom stereocenters. The molecule has 4 heteroatoms. The number of nitrogens with two attached hydrogens (primary N) is 1. The maximum atomic E-state index is 10.7. The molecule has 1 unspecified atom stereocenters. The van der Waals surface area contributed by atoms with Crippen LogP contribution in [0.1, 0.15) is 27.7 Å². The van der Waals surface area contributed by atoms with Crippen LogP contribution in [-0.2, 0) is 0 Å². The number of aromatic carboxylic acids is 1. The first-order valence-electron chi connectivity index (χ1n) is 4.90. The predicted octanol–water partition coefficient (Wildman–Crippen LogP) is 1.76. The Bertz CT molecular complexity index is 474. The number of hydrogen-bond acceptors (Lipinski definition) is 2. The van der Waals surface area contributed by atoms with Crippen molar-refractivity contribution in [3.63, 3.8) is 0 Å². The molecule has 1 heterocycles. The molecule has 0 spiro atoms. The zero-order valence-electron chi connectivity index (χ0n) is 8.55. The van der Waals surface area contributed by atoms with Crippen LogP contribution in [0.25, 0.3) is 0 Å². The molecule has 0 aliphatic heterocycles. The minimum absolute atomic E-state index is 0.252. The van der Waals surface area contributed by atoms with E-state index in [1.807, 2.05) is 12.1 Å². The van der Waals surface area contributed by atoms with Gasteiger partial charge in [-0.05, 0) is 29.8 Å². The van der Waals surface area contributed by atoms with E-state index in [1.54, 1.807) is 30.5 Å². The van der Waals surface area contributed by atoms with Gasteiger partial charge in [0.15, 0.2) is 0 Å². The van der Waals surface area contributed by atoms with Crippen LogP contribution in [-0.4, -0.2) is 16.1 Å². The summed E-state index contributed by atoms with van der Waals surface area (Å²) in [7, 11) is 0. The summed E-state index contributed by atoms with van der Waals surface area (Å²) in [4.78, 5) is 13.7. The molecule has 1 aromatic carbocycles. The van der Waals surface area contributed by atoms with E-state index in [1.165, 1.54) is 0 Å². The first kappa shape index (κ1) is 10.4. The summed E-state index contributed by atoms with van der Waals surface area (Å²) < 4.78 is 0. The van der Waals surface area contributed by atoms with E-state index in [4.69, 9.17) is 10.8 Å². The summed E-state index contributed by atoms with van der Waals surface area (Å²) in [5.74, 6) is -0.931. The first-order chi connectivity index (χ1) is 7.68. The molecule has 0 radical (unpaired) electrons. The number of hydrogen-bond donors (Lipinski definition) is 3. The predicted molar refractivity (Wildman–Crippen MR) is 60.2 cm³/mol. The number of aromatic nitrogens is 1. The second-order valence-electron chi connectivity index (χ2n) is 3.53. The lowest BCUT2D eigenvalue weighted by molar-refractivity contribution is 0.0697. The molecule has 0 bridgehead atoms. The molecule has 4 nitrogen and oxygen atoms in total. The average Bonchev–Trinajstić information content (AvgIpc) is 2.81. The maximum Gasteiger partial charge on any atom is 0.335 e. The first-order valence-corrected chi connectivity index (χ1v) is 4.90. The molecule has 0 aliphatic rings. The third-order valence-corrected chi connectivity index (χ3v) is 2.47. The van der Waals surface area contributed by atoms with E-state index < -0.39 is 5.97 Å². The van der Waals surface area contributed by atoms with E-state index in [2.05, 4.69) is 4.98 Å². The lowest BCUT2D eigenvalue weighted by Crippen LogP contribution is -2.12. The van der Waals surface area contributed by atoms with Gasteiger partial charge in [-0.3, -0.25) is 0 Å². The zero-order valence-corrected chi connectivity index (χ0v) is 8.55. The minimum Gasteiger partial charge on any atom is -0.478 e. The van der Waals surface area contributed by atoms with E-state index in [0.717, 1.165) is 11.3 Å². The highest BCUT2D eigenvalue weighted by Crippen LogP contribution is 2.18. The molecule has 16 heavy (non-hydrogen) atoms. The molecule has 0 saturated heterocycles. The van der Waals surface area contributed by atoms with Crippen LogP contribution in [0.15, 0.2) is 42.6 Å². The number of benzene rings is 1. The van der Waals surface area contributed by atoms with Crippen molar-refractivity contribution in [1.82, 2.24) is 4.98 Å². The second-order valence-corrected chi connectivity index (χ2v) is 3.53. The highest BCUT2D eigenvalue weighted by molar-refractivity contribution is 5.87. The van der Waals surface area contributed by atoms with Crippen LogP contribution in [0.4, 0.5) is 0 Å². The van der Waals surface area contributed by atoms with E-state index in [0.29, 0.717) is 0 Å². The van der Waals surface area contributed by atoms with Crippen LogP contribution in [0.2, 0.25) is 0 Å². The Labute approximate surface area is 92.7 Å². The highest BCUT2D eigenvalue weighted by Gasteiger charge is 2.10. The lowest BCUT2D eigenvalue weighted by atomic mass is 10.0. The number of H-pyrrole nitrogens is 1. The Kier molecular flexibility index (Phi) is 2.74. The van der Waals surface area contributed by atoms with Gasteiger partial charge in [-0.1, -0.05) is 12.1 Å². The van der Waals surface area contributed by atoms with Crippen LogP contribution in [0, 0.1) is 0 Å². The van der Waals surface area contributed by atoms with Gasteiger partial charge in [-0.15, -0.1) is 0 Å².